The van der Waals surface area contributed by atoms with E-state index in [9.17, 15) is 0 Å². The fourth-order valence-electron chi connectivity index (χ4n) is 2.19. The molecule has 0 saturated heterocycles. The van der Waals surface area contributed by atoms with Gasteiger partial charge in [0.2, 0.25) is 5.88 Å². The van der Waals surface area contributed by atoms with Crippen molar-refractivity contribution in [3.05, 3.63) is 83.7 Å². The van der Waals surface area contributed by atoms with Crippen LogP contribution in [0.15, 0.2) is 67.0 Å². The lowest BCUT2D eigenvalue weighted by molar-refractivity contribution is 0.293. The van der Waals surface area contributed by atoms with Gasteiger partial charge in [-0.3, -0.25) is 0 Å². The van der Waals surface area contributed by atoms with Gasteiger partial charge in [0.15, 0.2) is 0 Å². The van der Waals surface area contributed by atoms with E-state index < -0.39 is 0 Å². The summed E-state index contributed by atoms with van der Waals surface area (Å²) in [5, 5.41) is 12.2. The smallest absolute Gasteiger partial charge is 0.213 e. The molecule has 2 heterocycles. The molecule has 118 valence electrons. The maximum Gasteiger partial charge on any atom is 0.213 e. The molecule has 3 aromatic rings. The molecule has 0 aliphatic carbocycles. The number of pyridine rings is 2. The molecule has 1 N–H and O–H groups in total. The molecule has 0 aliphatic rings. The Morgan fingerprint density at radius 2 is 1.83 bits per heavy atom. The number of aromatic nitrogens is 2. The number of hydrogen-bond acceptors (Lipinski definition) is 5. The van der Waals surface area contributed by atoms with Gasteiger partial charge in [0.1, 0.15) is 18.5 Å². The molecule has 0 atom stereocenters. The Kier molecular flexibility index (Phi) is 5.00. The monoisotopic (exact) mass is 316 g/mol. The van der Waals surface area contributed by atoms with Crippen LogP contribution < -0.4 is 10.1 Å². The lowest BCUT2D eigenvalue weighted by Gasteiger charge is -2.09. The molecule has 0 aliphatic heterocycles. The van der Waals surface area contributed by atoms with Crippen LogP contribution in [0.4, 0.5) is 5.82 Å². The number of nitrogens with zero attached hydrogens (tertiary/aromatic N) is 3. The van der Waals surface area contributed by atoms with Crippen molar-refractivity contribution < 1.29 is 4.74 Å². The summed E-state index contributed by atoms with van der Waals surface area (Å²) in [6, 6.07) is 19.3. The van der Waals surface area contributed by atoms with Crippen LogP contribution in [0.2, 0.25) is 0 Å². The van der Waals surface area contributed by atoms with Gasteiger partial charge in [0.05, 0.1) is 5.56 Å². The number of anilines is 1. The Balaban J connectivity index is 1.62. The Morgan fingerprint density at radius 1 is 0.958 bits per heavy atom. The van der Waals surface area contributed by atoms with E-state index in [0.29, 0.717) is 30.4 Å². The van der Waals surface area contributed by atoms with Crippen molar-refractivity contribution in [2.24, 2.45) is 0 Å². The summed E-state index contributed by atoms with van der Waals surface area (Å²) in [6.45, 7) is 1.01. The molecule has 3 rings (SSSR count). The molecule has 2 aromatic heterocycles. The normalized spacial score (nSPS) is 9.96. The van der Waals surface area contributed by atoms with E-state index in [4.69, 9.17) is 10.00 Å². The molecule has 5 nitrogen and oxygen atoms in total. The third-order valence-electron chi connectivity index (χ3n) is 3.42. The zero-order chi connectivity index (χ0) is 16.6. The molecule has 0 spiro atoms. The Morgan fingerprint density at radius 3 is 2.67 bits per heavy atom. The molecule has 5 heteroatoms. The summed E-state index contributed by atoms with van der Waals surface area (Å²) >= 11 is 0. The number of rotatable bonds is 6. The van der Waals surface area contributed by atoms with Crippen LogP contribution in [0.5, 0.6) is 5.88 Å². The van der Waals surface area contributed by atoms with Crippen LogP contribution >= 0.6 is 0 Å². The highest BCUT2D eigenvalue weighted by atomic mass is 16.5. The van der Waals surface area contributed by atoms with Crippen LogP contribution in [0, 0.1) is 11.3 Å². The van der Waals surface area contributed by atoms with Gasteiger partial charge in [-0.2, -0.15) is 5.26 Å². The standard InChI is InChI=1S/C19H16N4O/c20-12-17-7-4-9-22-19(17)23-13-16-8-10-21-18(11-16)24-14-15-5-2-1-3-6-15/h1-11H,13-14H2,(H,22,23). The molecule has 0 amide bonds. The lowest BCUT2D eigenvalue weighted by atomic mass is 10.2. The van der Waals surface area contributed by atoms with E-state index in [1.165, 1.54) is 0 Å². The molecular weight excluding hydrogens is 300 g/mol. The molecule has 0 unspecified atom stereocenters. The van der Waals surface area contributed by atoms with Crippen molar-refractivity contribution in [1.82, 2.24) is 9.97 Å². The largest absolute Gasteiger partial charge is 0.473 e. The average Bonchev–Trinajstić information content (AvgIpc) is 2.66. The minimum Gasteiger partial charge on any atom is -0.473 e. The summed E-state index contributed by atoms with van der Waals surface area (Å²) in [6.07, 6.45) is 3.37. The van der Waals surface area contributed by atoms with Crippen molar-refractivity contribution in [2.45, 2.75) is 13.2 Å². The Bertz CT molecular complexity index is 843. The second kappa shape index (κ2) is 7.75. The summed E-state index contributed by atoms with van der Waals surface area (Å²) in [5.41, 5.74) is 2.62. The summed E-state index contributed by atoms with van der Waals surface area (Å²) < 4.78 is 5.72. The SMILES string of the molecule is N#Cc1cccnc1NCc1ccnc(OCc2ccccc2)c1. The maximum absolute atomic E-state index is 9.08. The first kappa shape index (κ1) is 15.5. The van der Waals surface area contributed by atoms with E-state index in [1.54, 1.807) is 24.5 Å². The van der Waals surface area contributed by atoms with Gasteiger partial charge in [-0.15, -0.1) is 0 Å². The minimum absolute atomic E-state index is 0.476. The maximum atomic E-state index is 9.08. The second-order valence-electron chi connectivity index (χ2n) is 5.14. The van der Waals surface area contributed by atoms with Gasteiger partial charge >= 0.3 is 0 Å². The van der Waals surface area contributed by atoms with Gasteiger partial charge in [-0.05, 0) is 29.3 Å². The number of nitrogens with one attached hydrogen (secondary N) is 1. The van der Waals surface area contributed by atoms with Crippen LogP contribution in [0.1, 0.15) is 16.7 Å². The van der Waals surface area contributed by atoms with Gasteiger partial charge in [-0.1, -0.05) is 30.3 Å². The van der Waals surface area contributed by atoms with Crippen LogP contribution in [0.3, 0.4) is 0 Å². The number of nitriles is 1. The lowest BCUT2D eigenvalue weighted by Crippen LogP contribution is -2.04. The molecule has 0 radical (unpaired) electrons. The molecule has 0 saturated carbocycles. The van der Waals surface area contributed by atoms with E-state index in [1.807, 2.05) is 42.5 Å². The Hall–Kier alpha value is -3.39. The first-order valence-electron chi connectivity index (χ1n) is 7.56. The molecular formula is C19H16N4O. The third-order valence-corrected chi connectivity index (χ3v) is 3.42. The highest BCUT2D eigenvalue weighted by molar-refractivity contribution is 5.51. The number of hydrogen-bond donors (Lipinski definition) is 1. The summed E-state index contributed by atoms with van der Waals surface area (Å²) in [5.74, 6) is 1.14. The first-order chi connectivity index (χ1) is 11.8. The fourth-order valence-corrected chi connectivity index (χ4v) is 2.19. The number of ether oxygens (including phenoxy) is 1. The van der Waals surface area contributed by atoms with Crippen LogP contribution in [0.25, 0.3) is 0 Å². The quantitative estimate of drug-likeness (QED) is 0.753. The zero-order valence-electron chi connectivity index (χ0n) is 13.0. The second-order valence-corrected chi connectivity index (χ2v) is 5.14. The van der Waals surface area contributed by atoms with Crippen LogP contribution in [-0.4, -0.2) is 9.97 Å². The first-order valence-corrected chi connectivity index (χ1v) is 7.56. The topological polar surface area (TPSA) is 70.8 Å². The van der Waals surface area contributed by atoms with Crippen LogP contribution in [-0.2, 0) is 13.2 Å². The third kappa shape index (κ3) is 4.08. The van der Waals surface area contributed by atoms with Crippen molar-refractivity contribution in [3.8, 4) is 11.9 Å². The molecule has 0 fully saturated rings. The predicted molar refractivity (Wildman–Crippen MR) is 91.3 cm³/mol. The van der Waals surface area contributed by atoms with Crippen molar-refractivity contribution >= 4 is 5.82 Å². The average molecular weight is 316 g/mol. The van der Waals surface area contributed by atoms with Gasteiger partial charge < -0.3 is 10.1 Å². The predicted octanol–water partition coefficient (Wildman–Crippen LogP) is 3.54. The highest BCUT2D eigenvalue weighted by Gasteiger charge is 2.03. The summed E-state index contributed by atoms with van der Waals surface area (Å²) in [7, 11) is 0. The zero-order valence-corrected chi connectivity index (χ0v) is 13.0. The molecule has 1 aromatic carbocycles. The fraction of sp³-hybridized carbons (Fsp3) is 0.105. The van der Waals surface area contributed by atoms with E-state index >= 15 is 0 Å². The van der Waals surface area contributed by atoms with Crippen molar-refractivity contribution in [3.63, 3.8) is 0 Å². The molecule has 0 bridgehead atoms. The van der Waals surface area contributed by atoms with Crippen molar-refractivity contribution in [1.29, 1.82) is 5.26 Å². The van der Waals surface area contributed by atoms with E-state index in [-0.39, 0.29) is 0 Å². The van der Waals surface area contributed by atoms with Gasteiger partial charge in [-0.25, -0.2) is 9.97 Å². The highest BCUT2D eigenvalue weighted by Crippen LogP contribution is 2.15. The summed E-state index contributed by atoms with van der Waals surface area (Å²) in [4.78, 5) is 8.41. The number of benzene rings is 1. The van der Waals surface area contributed by atoms with E-state index in [2.05, 4.69) is 21.4 Å². The van der Waals surface area contributed by atoms with E-state index in [0.717, 1.165) is 11.1 Å². The minimum atomic E-state index is 0.476. The molecule has 24 heavy (non-hydrogen) atoms. The van der Waals surface area contributed by atoms with Gasteiger partial charge in [0.25, 0.3) is 0 Å². The van der Waals surface area contributed by atoms with Crippen molar-refractivity contribution in [2.75, 3.05) is 5.32 Å². The Labute approximate surface area is 140 Å². The van der Waals surface area contributed by atoms with Gasteiger partial charge in [0, 0.05) is 25.0 Å².